The van der Waals surface area contributed by atoms with Gasteiger partial charge in [0, 0.05) is 23.1 Å². The molecule has 2 aromatic carbocycles. The minimum absolute atomic E-state index is 0.200. The number of halogens is 1. The van der Waals surface area contributed by atoms with E-state index in [9.17, 15) is 9.59 Å². The van der Waals surface area contributed by atoms with E-state index in [1.165, 1.54) is 27.8 Å². The quantitative estimate of drug-likeness (QED) is 0.452. The number of fused-ring (bicyclic) bond motifs is 2. The number of nitrogens with one attached hydrogen (secondary N) is 1. The predicted octanol–water partition coefficient (Wildman–Crippen LogP) is 4.81. The molecule has 5 rings (SSSR count). The Labute approximate surface area is 198 Å². The average molecular weight is 482 g/mol. The Morgan fingerprint density at radius 3 is 2.67 bits per heavy atom. The van der Waals surface area contributed by atoms with Gasteiger partial charge in [0.25, 0.3) is 5.56 Å². The second-order valence-corrected chi connectivity index (χ2v) is 9.10. The molecule has 4 aromatic rings. The molecule has 0 atom stereocenters. The van der Waals surface area contributed by atoms with E-state index in [4.69, 9.17) is 21.1 Å². The molecule has 1 N–H and O–H groups in total. The third kappa shape index (κ3) is 4.07. The van der Waals surface area contributed by atoms with Crippen molar-refractivity contribution >= 4 is 44.7 Å². The van der Waals surface area contributed by atoms with Crippen molar-refractivity contribution in [2.45, 2.75) is 20.4 Å². The van der Waals surface area contributed by atoms with Gasteiger partial charge in [-0.3, -0.25) is 14.2 Å². The molecule has 168 valence electrons. The summed E-state index contributed by atoms with van der Waals surface area (Å²) < 4.78 is 12.4. The van der Waals surface area contributed by atoms with Gasteiger partial charge in [-0.05, 0) is 30.5 Å². The molecule has 0 saturated heterocycles. The molecule has 0 saturated carbocycles. The smallest absolute Gasteiger partial charge is 0.263 e. The zero-order valence-corrected chi connectivity index (χ0v) is 19.5. The van der Waals surface area contributed by atoms with E-state index in [2.05, 4.69) is 16.4 Å². The van der Waals surface area contributed by atoms with Crippen LogP contribution >= 0.6 is 22.9 Å². The van der Waals surface area contributed by atoms with Crippen LogP contribution in [-0.2, 0) is 11.3 Å². The Morgan fingerprint density at radius 2 is 1.91 bits per heavy atom. The van der Waals surface area contributed by atoms with E-state index in [0.29, 0.717) is 45.6 Å². The number of thiophene rings is 1. The van der Waals surface area contributed by atoms with Gasteiger partial charge in [0.05, 0.1) is 22.4 Å². The van der Waals surface area contributed by atoms with Gasteiger partial charge in [0.1, 0.15) is 24.6 Å². The maximum absolute atomic E-state index is 13.3. The van der Waals surface area contributed by atoms with Gasteiger partial charge >= 0.3 is 0 Å². The third-order valence-corrected chi connectivity index (χ3v) is 6.80. The van der Waals surface area contributed by atoms with Crippen LogP contribution in [0.3, 0.4) is 0 Å². The molecule has 3 heterocycles. The van der Waals surface area contributed by atoms with Crippen molar-refractivity contribution < 1.29 is 14.3 Å². The monoisotopic (exact) mass is 481 g/mol. The van der Waals surface area contributed by atoms with Crippen LogP contribution in [0.4, 0.5) is 5.69 Å². The van der Waals surface area contributed by atoms with Crippen LogP contribution in [0.5, 0.6) is 11.5 Å². The lowest BCUT2D eigenvalue weighted by Crippen LogP contribution is -2.28. The number of hydrogen-bond donors (Lipinski definition) is 1. The largest absolute Gasteiger partial charge is 0.486 e. The second kappa shape index (κ2) is 8.53. The van der Waals surface area contributed by atoms with E-state index in [0.717, 1.165) is 16.7 Å². The van der Waals surface area contributed by atoms with Gasteiger partial charge in [0.2, 0.25) is 5.91 Å². The molecule has 0 aliphatic carbocycles. The SMILES string of the molecule is Cc1ccc(-c2csc3ncn(CC(=O)Nc4cc5c(cc4Cl)OCCO5)c(=O)c23)cc1C. The minimum atomic E-state index is -0.403. The van der Waals surface area contributed by atoms with E-state index in [1.54, 1.807) is 12.1 Å². The topological polar surface area (TPSA) is 82.5 Å². The zero-order valence-electron chi connectivity index (χ0n) is 18.0. The van der Waals surface area contributed by atoms with Crippen LogP contribution in [0.15, 0.2) is 46.8 Å². The lowest BCUT2D eigenvalue weighted by atomic mass is 10.0. The number of nitrogens with zero attached hydrogens (tertiary/aromatic N) is 2. The molecule has 0 unspecified atom stereocenters. The zero-order chi connectivity index (χ0) is 23.1. The van der Waals surface area contributed by atoms with Gasteiger partial charge in [-0.25, -0.2) is 4.98 Å². The number of aromatic nitrogens is 2. The molecule has 33 heavy (non-hydrogen) atoms. The van der Waals surface area contributed by atoms with Crippen molar-refractivity contribution in [3.63, 3.8) is 0 Å². The Morgan fingerprint density at radius 1 is 1.15 bits per heavy atom. The summed E-state index contributed by atoms with van der Waals surface area (Å²) in [7, 11) is 0. The summed E-state index contributed by atoms with van der Waals surface area (Å²) in [5.41, 5.74) is 4.22. The van der Waals surface area contributed by atoms with E-state index in [1.807, 2.05) is 31.4 Å². The average Bonchev–Trinajstić information content (AvgIpc) is 3.23. The number of hydrogen-bond acceptors (Lipinski definition) is 6. The highest BCUT2D eigenvalue weighted by Crippen LogP contribution is 2.38. The van der Waals surface area contributed by atoms with Gasteiger partial charge in [-0.15, -0.1) is 11.3 Å². The van der Waals surface area contributed by atoms with Crippen LogP contribution in [0.1, 0.15) is 11.1 Å². The maximum Gasteiger partial charge on any atom is 0.263 e. The number of aryl methyl sites for hydroxylation is 2. The fourth-order valence-corrected chi connectivity index (χ4v) is 4.81. The number of rotatable bonds is 4. The van der Waals surface area contributed by atoms with Gasteiger partial charge in [-0.1, -0.05) is 29.8 Å². The lowest BCUT2D eigenvalue weighted by molar-refractivity contribution is -0.116. The lowest BCUT2D eigenvalue weighted by Gasteiger charge is -2.20. The summed E-state index contributed by atoms with van der Waals surface area (Å²) >= 11 is 7.70. The van der Waals surface area contributed by atoms with Gasteiger partial charge in [0.15, 0.2) is 11.5 Å². The second-order valence-electron chi connectivity index (χ2n) is 7.83. The summed E-state index contributed by atoms with van der Waals surface area (Å²) in [5.74, 6) is 0.642. The number of anilines is 1. The van der Waals surface area contributed by atoms with Crippen LogP contribution < -0.4 is 20.3 Å². The fraction of sp³-hybridized carbons (Fsp3) is 0.208. The van der Waals surface area contributed by atoms with Crippen molar-refractivity contribution in [1.29, 1.82) is 0 Å². The molecule has 0 spiro atoms. The first kappa shape index (κ1) is 21.5. The summed E-state index contributed by atoms with van der Waals surface area (Å²) in [4.78, 5) is 31.0. The Hall–Kier alpha value is -3.36. The standard InChI is InChI=1S/C24H20ClN3O4S/c1-13-3-4-15(7-14(13)2)16-11-33-23-22(16)24(30)28(12-26-23)10-21(29)27-18-9-20-19(8-17(18)25)31-5-6-32-20/h3-4,7-9,11-12H,5-6,10H2,1-2H3,(H,27,29). The molecule has 1 amide bonds. The molecular weight excluding hydrogens is 462 g/mol. The Balaban J connectivity index is 1.44. The number of carbonyl (C=O) groups excluding carboxylic acids is 1. The number of carbonyl (C=O) groups is 1. The first-order valence-corrected chi connectivity index (χ1v) is 11.6. The molecule has 0 fully saturated rings. The summed E-state index contributed by atoms with van der Waals surface area (Å²) in [5, 5.41) is 5.51. The Bertz CT molecular complexity index is 1460. The number of benzene rings is 2. The fourth-order valence-electron chi connectivity index (χ4n) is 3.71. The van der Waals surface area contributed by atoms with Crippen molar-refractivity contribution in [3.8, 4) is 22.6 Å². The molecule has 0 bridgehead atoms. The number of amides is 1. The summed E-state index contributed by atoms with van der Waals surface area (Å²) in [6.45, 7) is 4.75. The first-order valence-electron chi connectivity index (χ1n) is 10.3. The summed E-state index contributed by atoms with van der Waals surface area (Å²) in [6, 6.07) is 9.32. The molecule has 2 aromatic heterocycles. The molecule has 0 radical (unpaired) electrons. The molecule has 7 nitrogen and oxygen atoms in total. The third-order valence-electron chi connectivity index (χ3n) is 5.60. The first-order chi connectivity index (χ1) is 15.9. The van der Waals surface area contributed by atoms with Crippen molar-refractivity contribution in [2.75, 3.05) is 18.5 Å². The minimum Gasteiger partial charge on any atom is -0.486 e. The molecule has 1 aliphatic rings. The van der Waals surface area contributed by atoms with Crippen molar-refractivity contribution in [3.05, 3.63) is 68.5 Å². The highest BCUT2D eigenvalue weighted by Gasteiger charge is 2.18. The predicted molar refractivity (Wildman–Crippen MR) is 130 cm³/mol. The molecular formula is C24H20ClN3O4S. The van der Waals surface area contributed by atoms with Crippen LogP contribution in [0, 0.1) is 13.8 Å². The van der Waals surface area contributed by atoms with Gasteiger partial charge < -0.3 is 14.8 Å². The van der Waals surface area contributed by atoms with Crippen molar-refractivity contribution in [1.82, 2.24) is 9.55 Å². The normalized spacial score (nSPS) is 12.7. The molecule has 9 heteroatoms. The van der Waals surface area contributed by atoms with E-state index < -0.39 is 5.91 Å². The highest BCUT2D eigenvalue weighted by atomic mass is 35.5. The van der Waals surface area contributed by atoms with E-state index >= 15 is 0 Å². The van der Waals surface area contributed by atoms with E-state index in [-0.39, 0.29) is 12.1 Å². The van der Waals surface area contributed by atoms with Gasteiger partial charge in [-0.2, -0.15) is 0 Å². The summed E-state index contributed by atoms with van der Waals surface area (Å²) in [6.07, 6.45) is 1.40. The van der Waals surface area contributed by atoms with Crippen LogP contribution in [0.2, 0.25) is 5.02 Å². The van der Waals surface area contributed by atoms with Crippen LogP contribution in [-0.4, -0.2) is 28.7 Å². The number of ether oxygens (including phenoxy) is 2. The maximum atomic E-state index is 13.3. The highest BCUT2D eigenvalue weighted by molar-refractivity contribution is 7.17. The van der Waals surface area contributed by atoms with Crippen molar-refractivity contribution in [2.24, 2.45) is 0 Å². The molecule has 1 aliphatic heterocycles. The Kier molecular flexibility index (Phi) is 5.55. The van der Waals surface area contributed by atoms with Crippen LogP contribution in [0.25, 0.3) is 21.3 Å².